The molecule has 2 rings (SSSR count). The maximum absolute atomic E-state index is 12.5. The van der Waals surface area contributed by atoms with E-state index in [0.29, 0.717) is 11.3 Å². The van der Waals surface area contributed by atoms with Gasteiger partial charge in [0.25, 0.3) is 5.91 Å². The second kappa shape index (κ2) is 5.37. The molecule has 0 aliphatic heterocycles. The molecule has 3 nitrogen and oxygen atoms in total. The molecule has 2 aromatic rings. The fourth-order valence-electron chi connectivity index (χ4n) is 2.02. The number of rotatable bonds is 2. The predicted octanol–water partition coefficient (Wildman–Crippen LogP) is 3.47. The van der Waals surface area contributed by atoms with E-state index in [0.717, 1.165) is 11.3 Å². The second-order valence-electron chi connectivity index (χ2n) is 5.20. The lowest BCUT2D eigenvalue weighted by Crippen LogP contribution is -2.26. The van der Waals surface area contributed by atoms with Gasteiger partial charge in [0.05, 0.1) is 0 Å². The van der Waals surface area contributed by atoms with Crippen molar-refractivity contribution in [3.05, 3.63) is 58.7 Å². The van der Waals surface area contributed by atoms with Crippen molar-refractivity contribution in [2.45, 2.75) is 20.8 Å². The van der Waals surface area contributed by atoms with E-state index < -0.39 is 0 Å². The van der Waals surface area contributed by atoms with Crippen LogP contribution in [-0.4, -0.2) is 13.0 Å². The van der Waals surface area contributed by atoms with Gasteiger partial charge in [-0.3, -0.25) is 4.79 Å². The summed E-state index contributed by atoms with van der Waals surface area (Å²) in [6.07, 6.45) is 0. The molecule has 0 bridgehead atoms. The lowest BCUT2D eigenvalue weighted by atomic mass is 10.1. The number of nitrogens with two attached hydrogens (primary N) is 1. The number of hydrogen-bond acceptors (Lipinski definition) is 2. The molecule has 0 unspecified atom stereocenters. The molecule has 2 aromatic carbocycles. The molecule has 0 saturated heterocycles. The monoisotopic (exact) mass is 268 g/mol. The summed E-state index contributed by atoms with van der Waals surface area (Å²) in [6.45, 7) is 6.03. The Kier molecular flexibility index (Phi) is 3.79. The Hall–Kier alpha value is -2.29. The lowest BCUT2D eigenvalue weighted by molar-refractivity contribution is 0.0993. The average molecular weight is 268 g/mol. The highest BCUT2D eigenvalue weighted by Crippen LogP contribution is 2.21. The second-order valence-corrected chi connectivity index (χ2v) is 5.20. The zero-order valence-corrected chi connectivity index (χ0v) is 12.4. The summed E-state index contributed by atoms with van der Waals surface area (Å²) in [6, 6.07) is 11.4. The molecule has 2 N–H and O–H groups in total. The van der Waals surface area contributed by atoms with Crippen LogP contribution in [0.5, 0.6) is 0 Å². The minimum atomic E-state index is -0.0556. The summed E-state index contributed by atoms with van der Waals surface area (Å²) >= 11 is 0. The van der Waals surface area contributed by atoms with Crippen molar-refractivity contribution < 1.29 is 4.79 Å². The van der Waals surface area contributed by atoms with Crippen LogP contribution in [0.15, 0.2) is 36.4 Å². The van der Waals surface area contributed by atoms with Crippen molar-refractivity contribution in [2.75, 3.05) is 17.7 Å². The van der Waals surface area contributed by atoms with Crippen LogP contribution in [-0.2, 0) is 0 Å². The number of benzene rings is 2. The third kappa shape index (κ3) is 2.67. The molecular weight excluding hydrogens is 248 g/mol. The van der Waals surface area contributed by atoms with Gasteiger partial charge in [0, 0.05) is 24.0 Å². The highest BCUT2D eigenvalue weighted by atomic mass is 16.2. The van der Waals surface area contributed by atoms with E-state index in [2.05, 4.69) is 6.92 Å². The molecule has 0 atom stereocenters. The van der Waals surface area contributed by atoms with Gasteiger partial charge in [0.2, 0.25) is 0 Å². The first-order valence-electron chi connectivity index (χ1n) is 6.61. The number of anilines is 2. The summed E-state index contributed by atoms with van der Waals surface area (Å²) in [5.41, 5.74) is 11.4. The maximum atomic E-state index is 12.5. The van der Waals surface area contributed by atoms with Gasteiger partial charge in [0.15, 0.2) is 0 Å². The van der Waals surface area contributed by atoms with Gasteiger partial charge < -0.3 is 10.6 Å². The van der Waals surface area contributed by atoms with Crippen LogP contribution in [0.4, 0.5) is 11.4 Å². The largest absolute Gasteiger partial charge is 0.398 e. The molecule has 3 heteroatoms. The molecule has 0 radical (unpaired) electrons. The van der Waals surface area contributed by atoms with E-state index in [1.54, 1.807) is 18.0 Å². The molecular formula is C17H20N2O. The number of carbonyl (C=O) groups excluding carboxylic acids is 1. The fraction of sp³-hybridized carbons (Fsp3) is 0.235. The van der Waals surface area contributed by atoms with Gasteiger partial charge in [-0.25, -0.2) is 0 Å². The van der Waals surface area contributed by atoms with Crippen LogP contribution in [0.3, 0.4) is 0 Å². The number of carbonyl (C=O) groups is 1. The minimum absolute atomic E-state index is 0.0556. The van der Waals surface area contributed by atoms with Crippen molar-refractivity contribution in [2.24, 2.45) is 0 Å². The third-order valence-corrected chi connectivity index (χ3v) is 3.71. The van der Waals surface area contributed by atoms with Crippen LogP contribution >= 0.6 is 0 Å². The topological polar surface area (TPSA) is 46.3 Å². The van der Waals surface area contributed by atoms with Crippen LogP contribution in [0.25, 0.3) is 0 Å². The number of hydrogen-bond donors (Lipinski definition) is 1. The molecule has 104 valence electrons. The highest BCUT2D eigenvalue weighted by molar-refractivity contribution is 6.06. The molecule has 0 aromatic heterocycles. The highest BCUT2D eigenvalue weighted by Gasteiger charge is 2.14. The molecule has 0 saturated carbocycles. The Morgan fingerprint density at radius 1 is 0.950 bits per heavy atom. The normalized spacial score (nSPS) is 10.4. The molecule has 0 spiro atoms. The zero-order valence-electron chi connectivity index (χ0n) is 12.4. The Labute approximate surface area is 120 Å². The summed E-state index contributed by atoms with van der Waals surface area (Å²) < 4.78 is 0. The smallest absolute Gasteiger partial charge is 0.258 e. The van der Waals surface area contributed by atoms with E-state index in [-0.39, 0.29) is 5.91 Å². The van der Waals surface area contributed by atoms with Crippen LogP contribution in [0, 0.1) is 20.8 Å². The minimum Gasteiger partial charge on any atom is -0.398 e. The maximum Gasteiger partial charge on any atom is 0.258 e. The van der Waals surface area contributed by atoms with Crippen molar-refractivity contribution in [3.8, 4) is 0 Å². The molecule has 0 heterocycles. The quantitative estimate of drug-likeness (QED) is 0.848. The Morgan fingerprint density at radius 3 is 2.20 bits per heavy atom. The van der Waals surface area contributed by atoms with E-state index in [1.165, 1.54) is 11.1 Å². The van der Waals surface area contributed by atoms with Gasteiger partial charge in [-0.1, -0.05) is 12.1 Å². The fourth-order valence-corrected chi connectivity index (χ4v) is 2.02. The summed E-state index contributed by atoms with van der Waals surface area (Å²) in [7, 11) is 1.78. The van der Waals surface area contributed by atoms with E-state index in [1.807, 2.05) is 44.2 Å². The molecule has 1 amide bonds. The Bertz CT molecular complexity index is 662. The van der Waals surface area contributed by atoms with E-state index in [9.17, 15) is 4.79 Å². The number of amides is 1. The van der Waals surface area contributed by atoms with E-state index in [4.69, 9.17) is 5.73 Å². The Balaban J connectivity index is 2.32. The van der Waals surface area contributed by atoms with E-state index >= 15 is 0 Å². The van der Waals surface area contributed by atoms with Crippen LogP contribution in [0.1, 0.15) is 27.0 Å². The third-order valence-electron chi connectivity index (χ3n) is 3.71. The van der Waals surface area contributed by atoms with Gasteiger partial charge in [-0.2, -0.15) is 0 Å². The van der Waals surface area contributed by atoms with Crippen LogP contribution < -0.4 is 10.6 Å². The van der Waals surface area contributed by atoms with Crippen molar-refractivity contribution >= 4 is 17.3 Å². The van der Waals surface area contributed by atoms with Gasteiger partial charge >= 0.3 is 0 Å². The van der Waals surface area contributed by atoms with Crippen molar-refractivity contribution in [1.29, 1.82) is 0 Å². The molecule has 0 aliphatic carbocycles. The van der Waals surface area contributed by atoms with Gasteiger partial charge in [-0.05, 0) is 61.7 Å². The zero-order chi connectivity index (χ0) is 14.9. The molecule has 0 aliphatic rings. The van der Waals surface area contributed by atoms with Gasteiger partial charge in [-0.15, -0.1) is 0 Å². The SMILES string of the molecule is Cc1ccc(N(C)C(=O)c2ccc(C)c(N)c2)cc1C. The summed E-state index contributed by atoms with van der Waals surface area (Å²) in [5, 5.41) is 0. The van der Waals surface area contributed by atoms with Gasteiger partial charge in [0.1, 0.15) is 0 Å². The standard InChI is InChI=1S/C17H20N2O/c1-11-6-8-15(9-13(11)3)19(4)17(20)14-7-5-12(2)16(18)10-14/h5-10H,18H2,1-4H3. The average Bonchev–Trinajstić information content (AvgIpc) is 2.43. The Morgan fingerprint density at radius 2 is 1.60 bits per heavy atom. The number of nitrogen functional groups attached to an aromatic ring is 1. The van der Waals surface area contributed by atoms with Crippen molar-refractivity contribution in [1.82, 2.24) is 0 Å². The number of nitrogens with zero attached hydrogens (tertiary/aromatic N) is 1. The molecule has 20 heavy (non-hydrogen) atoms. The first-order chi connectivity index (χ1) is 9.40. The van der Waals surface area contributed by atoms with Crippen LogP contribution in [0.2, 0.25) is 0 Å². The first-order valence-corrected chi connectivity index (χ1v) is 6.61. The predicted molar refractivity (Wildman–Crippen MR) is 84.2 cm³/mol. The lowest BCUT2D eigenvalue weighted by Gasteiger charge is -2.19. The number of aryl methyl sites for hydroxylation is 3. The van der Waals surface area contributed by atoms with Crippen molar-refractivity contribution in [3.63, 3.8) is 0 Å². The molecule has 0 fully saturated rings. The summed E-state index contributed by atoms with van der Waals surface area (Å²) in [4.78, 5) is 14.1. The first kappa shape index (κ1) is 14.1. The summed E-state index contributed by atoms with van der Waals surface area (Å²) in [5.74, 6) is -0.0556.